The summed E-state index contributed by atoms with van der Waals surface area (Å²) in [4.78, 5) is 16.9. The summed E-state index contributed by atoms with van der Waals surface area (Å²) in [5.41, 5.74) is 3.38. The molecular formula is C23H21ClFN3O3. The molecule has 4 rings (SSSR count). The molecule has 0 fully saturated rings. The molecule has 4 aromatic rings. The SMILES string of the molecule is CCOc1cc(CNc2ccc3[nH]c(=O)[nH]c3c2)cc(Cl)c1OCc1ccccc1F. The number of hydrogen-bond acceptors (Lipinski definition) is 4. The predicted octanol–water partition coefficient (Wildman–Crippen LogP) is 5.24. The van der Waals surface area contributed by atoms with E-state index in [4.69, 9.17) is 21.1 Å². The molecule has 0 radical (unpaired) electrons. The second kappa shape index (κ2) is 9.14. The van der Waals surface area contributed by atoms with Crippen LogP contribution in [0, 0.1) is 5.82 Å². The van der Waals surface area contributed by atoms with E-state index in [0.29, 0.717) is 35.2 Å². The highest BCUT2D eigenvalue weighted by atomic mass is 35.5. The topological polar surface area (TPSA) is 79.1 Å². The van der Waals surface area contributed by atoms with Crippen LogP contribution >= 0.6 is 11.6 Å². The molecular weight excluding hydrogens is 421 g/mol. The lowest BCUT2D eigenvalue weighted by atomic mass is 10.2. The fourth-order valence-corrected chi connectivity index (χ4v) is 3.53. The highest BCUT2D eigenvalue weighted by Gasteiger charge is 2.14. The Morgan fingerprint density at radius 2 is 1.84 bits per heavy atom. The van der Waals surface area contributed by atoms with Crippen LogP contribution in [0.25, 0.3) is 11.0 Å². The first-order chi connectivity index (χ1) is 15.0. The van der Waals surface area contributed by atoms with Crippen molar-refractivity contribution in [3.8, 4) is 11.5 Å². The minimum absolute atomic E-state index is 0.0406. The van der Waals surface area contributed by atoms with Crippen LogP contribution in [-0.4, -0.2) is 16.6 Å². The molecule has 3 N–H and O–H groups in total. The lowest BCUT2D eigenvalue weighted by Gasteiger charge is -2.16. The number of aromatic nitrogens is 2. The highest BCUT2D eigenvalue weighted by molar-refractivity contribution is 6.32. The molecule has 0 aliphatic rings. The van der Waals surface area contributed by atoms with Gasteiger partial charge >= 0.3 is 5.69 Å². The third-order valence-corrected chi connectivity index (χ3v) is 4.99. The molecule has 6 nitrogen and oxygen atoms in total. The first-order valence-corrected chi connectivity index (χ1v) is 10.2. The van der Waals surface area contributed by atoms with Crippen molar-refractivity contribution >= 4 is 28.3 Å². The van der Waals surface area contributed by atoms with Crippen molar-refractivity contribution in [1.29, 1.82) is 0 Å². The van der Waals surface area contributed by atoms with Crippen LogP contribution in [0.2, 0.25) is 5.02 Å². The second-order valence-corrected chi connectivity index (χ2v) is 7.32. The molecule has 1 aromatic heterocycles. The number of fused-ring (bicyclic) bond motifs is 1. The first-order valence-electron chi connectivity index (χ1n) is 9.81. The van der Waals surface area contributed by atoms with Gasteiger partial charge in [-0.15, -0.1) is 0 Å². The molecule has 0 unspecified atom stereocenters. The van der Waals surface area contributed by atoms with Gasteiger partial charge in [0.25, 0.3) is 0 Å². The normalized spacial score (nSPS) is 10.9. The standard InChI is InChI=1S/C23H21ClFN3O3/c1-2-30-21-10-14(12-26-16-7-8-19-20(11-16)28-23(29)27-19)9-17(24)22(21)31-13-15-5-3-4-6-18(15)25/h3-11,26H,2,12-13H2,1H3,(H2,27,28,29). The van der Waals surface area contributed by atoms with E-state index in [9.17, 15) is 9.18 Å². The quantitative estimate of drug-likeness (QED) is 0.349. The van der Waals surface area contributed by atoms with Gasteiger partial charge in [0.2, 0.25) is 0 Å². The van der Waals surface area contributed by atoms with E-state index in [1.54, 1.807) is 24.3 Å². The van der Waals surface area contributed by atoms with Crippen molar-refractivity contribution < 1.29 is 13.9 Å². The van der Waals surface area contributed by atoms with Crippen LogP contribution in [0.15, 0.2) is 59.4 Å². The Morgan fingerprint density at radius 1 is 1.03 bits per heavy atom. The summed E-state index contributed by atoms with van der Waals surface area (Å²) in [6.07, 6.45) is 0. The summed E-state index contributed by atoms with van der Waals surface area (Å²) in [7, 11) is 0. The Labute approximate surface area is 183 Å². The largest absolute Gasteiger partial charge is 0.490 e. The Balaban J connectivity index is 1.51. The molecule has 160 valence electrons. The van der Waals surface area contributed by atoms with Crippen LogP contribution in [0.5, 0.6) is 11.5 Å². The lowest BCUT2D eigenvalue weighted by Crippen LogP contribution is -2.04. The zero-order valence-electron chi connectivity index (χ0n) is 16.8. The number of nitrogens with one attached hydrogen (secondary N) is 3. The molecule has 0 atom stereocenters. The number of anilines is 1. The molecule has 0 aliphatic carbocycles. The lowest BCUT2D eigenvalue weighted by molar-refractivity contribution is 0.266. The summed E-state index contributed by atoms with van der Waals surface area (Å²) in [6.45, 7) is 2.82. The Bertz CT molecular complexity index is 1270. The van der Waals surface area contributed by atoms with Gasteiger partial charge < -0.3 is 24.8 Å². The zero-order valence-corrected chi connectivity index (χ0v) is 17.6. The molecule has 0 saturated carbocycles. The Hall–Kier alpha value is -3.45. The van der Waals surface area contributed by atoms with Crippen molar-refractivity contribution in [1.82, 2.24) is 9.97 Å². The second-order valence-electron chi connectivity index (χ2n) is 6.91. The van der Waals surface area contributed by atoms with E-state index in [1.165, 1.54) is 6.07 Å². The number of halogens is 2. The van der Waals surface area contributed by atoms with E-state index < -0.39 is 0 Å². The average Bonchev–Trinajstić information content (AvgIpc) is 3.12. The number of rotatable bonds is 8. The maximum Gasteiger partial charge on any atom is 0.323 e. The molecule has 31 heavy (non-hydrogen) atoms. The number of benzene rings is 3. The van der Waals surface area contributed by atoms with E-state index in [1.807, 2.05) is 31.2 Å². The molecule has 0 saturated heterocycles. The smallest absolute Gasteiger partial charge is 0.323 e. The summed E-state index contributed by atoms with van der Waals surface area (Å²) in [5, 5.41) is 3.68. The van der Waals surface area contributed by atoms with Gasteiger partial charge in [0, 0.05) is 17.8 Å². The first kappa shape index (κ1) is 20.8. The fraction of sp³-hybridized carbons (Fsp3) is 0.174. The van der Waals surface area contributed by atoms with Crippen molar-refractivity contribution in [3.63, 3.8) is 0 Å². The molecule has 0 amide bonds. The molecule has 8 heteroatoms. The van der Waals surface area contributed by atoms with E-state index in [0.717, 1.165) is 22.3 Å². The summed E-state index contributed by atoms with van der Waals surface area (Å²) < 4.78 is 25.4. The van der Waals surface area contributed by atoms with Gasteiger partial charge in [-0.05, 0) is 48.9 Å². The van der Waals surface area contributed by atoms with Crippen LogP contribution in [0.3, 0.4) is 0 Å². The minimum atomic E-state index is -0.335. The van der Waals surface area contributed by atoms with Gasteiger partial charge in [0.05, 0.1) is 22.7 Å². The molecule has 3 aromatic carbocycles. The van der Waals surface area contributed by atoms with Crippen LogP contribution in [0.4, 0.5) is 10.1 Å². The average molecular weight is 442 g/mol. The van der Waals surface area contributed by atoms with Gasteiger partial charge in [-0.2, -0.15) is 0 Å². The van der Waals surface area contributed by atoms with Crippen LogP contribution in [0.1, 0.15) is 18.1 Å². The third-order valence-electron chi connectivity index (χ3n) is 4.71. The molecule has 0 bridgehead atoms. The minimum Gasteiger partial charge on any atom is -0.490 e. The van der Waals surface area contributed by atoms with Crippen LogP contribution in [-0.2, 0) is 13.2 Å². The summed E-state index contributed by atoms with van der Waals surface area (Å²) in [6, 6.07) is 15.6. The monoisotopic (exact) mass is 441 g/mol. The van der Waals surface area contributed by atoms with Crippen LogP contribution < -0.4 is 20.5 Å². The third kappa shape index (κ3) is 4.83. The summed E-state index contributed by atoms with van der Waals surface area (Å²) in [5.74, 6) is 0.536. The predicted molar refractivity (Wildman–Crippen MR) is 120 cm³/mol. The van der Waals surface area contributed by atoms with E-state index in [2.05, 4.69) is 15.3 Å². The van der Waals surface area contributed by atoms with Gasteiger partial charge in [0.1, 0.15) is 12.4 Å². The van der Waals surface area contributed by atoms with Crippen molar-refractivity contribution in [2.75, 3.05) is 11.9 Å². The molecule has 1 heterocycles. The van der Waals surface area contributed by atoms with Gasteiger partial charge in [-0.1, -0.05) is 29.8 Å². The van der Waals surface area contributed by atoms with Crippen molar-refractivity contribution in [2.24, 2.45) is 0 Å². The number of hydrogen-bond donors (Lipinski definition) is 3. The van der Waals surface area contributed by atoms with E-state index >= 15 is 0 Å². The van der Waals surface area contributed by atoms with Gasteiger partial charge in [-0.3, -0.25) is 0 Å². The van der Waals surface area contributed by atoms with Gasteiger partial charge in [0.15, 0.2) is 11.5 Å². The number of imidazole rings is 1. The Morgan fingerprint density at radius 3 is 2.65 bits per heavy atom. The zero-order chi connectivity index (χ0) is 21.8. The summed E-state index contributed by atoms with van der Waals surface area (Å²) >= 11 is 6.47. The van der Waals surface area contributed by atoms with Crippen molar-refractivity contribution in [3.05, 3.63) is 87.0 Å². The molecule has 0 aliphatic heterocycles. The van der Waals surface area contributed by atoms with Gasteiger partial charge in [-0.25, -0.2) is 9.18 Å². The number of ether oxygens (including phenoxy) is 2. The molecule has 0 spiro atoms. The Kier molecular flexibility index (Phi) is 6.13. The maximum atomic E-state index is 13.9. The highest BCUT2D eigenvalue weighted by Crippen LogP contribution is 2.37. The number of H-pyrrole nitrogens is 2. The number of aromatic amines is 2. The van der Waals surface area contributed by atoms with E-state index in [-0.39, 0.29) is 18.1 Å². The van der Waals surface area contributed by atoms with Crippen molar-refractivity contribution in [2.45, 2.75) is 20.1 Å². The fourth-order valence-electron chi connectivity index (χ4n) is 3.24. The maximum absolute atomic E-state index is 13.9.